The first-order valence-corrected chi connectivity index (χ1v) is 7.58. The fourth-order valence-corrected chi connectivity index (χ4v) is 2.74. The van der Waals surface area contributed by atoms with Gasteiger partial charge in [-0.25, -0.2) is 0 Å². The lowest BCUT2D eigenvalue weighted by Gasteiger charge is -2.24. The van der Waals surface area contributed by atoms with E-state index >= 15 is 0 Å². The number of fused-ring (bicyclic) bond motifs is 1. The van der Waals surface area contributed by atoms with Gasteiger partial charge in [0, 0.05) is 5.56 Å². The van der Waals surface area contributed by atoms with E-state index in [2.05, 4.69) is 58.1 Å². The zero-order valence-electron chi connectivity index (χ0n) is 12.9. The van der Waals surface area contributed by atoms with E-state index < -0.39 is 0 Å². The van der Waals surface area contributed by atoms with Crippen molar-refractivity contribution in [3.05, 3.63) is 29.3 Å². The molecule has 1 aliphatic heterocycles. The van der Waals surface area contributed by atoms with Crippen LogP contribution in [0, 0.1) is 0 Å². The van der Waals surface area contributed by atoms with Gasteiger partial charge in [0.05, 0.1) is 6.04 Å². The highest BCUT2D eigenvalue weighted by atomic mass is 16.5. The Balaban J connectivity index is 2.37. The summed E-state index contributed by atoms with van der Waals surface area (Å²) >= 11 is 0. The summed E-state index contributed by atoms with van der Waals surface area (Å²) in [6, 6.07) is 7.07. The maximum absolute atomic E-state index is 6.06. The summed E-state index contributed by atoms with van der Waals surface area (Å²) in [6.45, 7) is 12.2. The van der Waals surface area contributed by atoms with Gasteiger partial charge < -0.3 is 10.1 Å². The van der Waals surface area contributed by atoms with Crippen LogP contribution in [0.4, 0.5) is 0 Å². The van der Waals surface area contributed by atoms with Gasteiger partial charge in [0.15, 0.2) is 0 Å². The van der Waals surface area contributed by atoms with Crippen LogP contribution in [-0.2, 0) is 5.41 Å². The monoisotopic (exact) mass is 261 g/mol. The van der Waals surface area contributed by atoms with E-state index in [1.165, 1.54) is 11.1 Å². The average Bonchev–Trinajstić information content (AvgIpc) is 2.76. The molecule has 1 aromatic rings. The van der Waals surface area contributed by atoms with Crippen molar-refractivity contribution in [2.24, 2.45) is 0 Å². The molecule has 0 saturated carbocycles. The van der Waals surface area contributed by atoms with Crippen LogP contribution in [0.15, 0.2) is 18.2 Å². The predicted octanol–water partition coefficient (Wildman–Crippen LogP) is 4.20. The van der Waals surface area contributed by atoms with Crippen LogP contribution in [0.5, 0.6) is 5.75 Å². The third kappa shape index (κ3) is 2.64. The summed E-state index contributed by atoms with van der Waals surface area (Å²) in [5.74, 6) is 1.06. The minimum Gasteiger partial charge on any atom is -0.488 e. The number of ether oxygens (including phenoxy) is 1. The fraction of sp³-hybridized carbons (Fsp3) is 0.647. The molecule has 1 N–H and O–H groups in total. The number of nitrogens with one attached hydrogen (secondary N) is 1. The Kier molecular flexibility index (Phi) is 4.19. The normalized spacial score (nSPS) is 22.2. The van der Waals surface area contributed by atoms with Gasteiger partial charge in [0.1, 0.15) is 11.9 Å². The molecule has 1 aliphatic rings. The Bertz CT molecular complexity index is 439. The molecule has 2 nitrogen and oxygen atoms in total. The molecule has 2 unspecified atom stereocenters. The van der Waals surface area contributed by atoms with E-state index in [0.717, 1.165) is 25.1 Å². The number of benzene rings is 1. The van der Waals surface area contributed by atoms with Crippen LogP contribution in [0.2, 0.25) is 0 Å². The molecule has 1 heterocycles. The fourth-order valence-electron chi connectivity index (χ4n) is 2.74. The first kappa shape index (κ1) is 14.4. The standard InChI is InChI=1S/C17H27NO/c1-6-14-16(18-8-3)13-11-12(17(4,5)7-2)9-10-15(13)19-14/h9-11,14,16,18H,6-8H2,1-5H3. The second-order valence-corrected chi connectivity index (χ2v) is 6.09. The van der Waals surface area contributed by atoms with Gasteiger partial charge in [-0.1, -0.05) is 40.7 Å². The Morgan fingerprint density at radius 2 is 1.95 bits per heavy atom. The smallest absolute Gasteiger partial charge is 0.124 e. The highest BCUT2D eigenvalue weighted by Gasteiger charge is 2.33. The van der Waals surface area contributed by atoms with Crippen molar-refractivity contribution in [1.82, 2.24) is 5.32 Å². The zero-order valence-corrected chi connectivity index (χ0v) is 12.9. The van der Waals surface area contributed by atoms with Gasteiger partial charge in [-0.15, -0.1) is 0 Å². The highest BCUT2D eigenvalue weighted by molar-refractivity contribution is 5.45. The predicted molar refractivity (Wildman–Crippen MR) is 80.9 cm³/mol. The molecule has 0 spiro atoms. The Labute approximate surface area is 117 Å². The van der Waals surface area contributed by atoms with Crippen molar-refractivity contribution >= 4 is 0 Å². The molecule has 106 valence electrons. The summed E-state index contributed by atoms with van der Waals surface area (Å²) in [6.07, 6.45) is 2.46. The van der Waals surface area contributed by atoms with E-state index in [9.17, 15) is 0 Å². The number of hydrogen-bond donors (Lipinski definition) is 1. The average molecular weight is 261 g/mol. The van der Waals surface area contributed by atoms with Crippen LogP contribution in [-0.4, -0.2) is 12.6 Å². The minimum atomic E-state index is 0.232. The van der Waals surface area contributed by atoms with Crippen LogP contribution >= 0.6 is 0 Å². The van der Waals surface area contributed by atoms with E-state index in [1.807, 2.05) is 0 Å². The molecule has 19 heavy (non-hydrogen) atoms. The van der Waals surface area contributed by atoms with Crippen molar-refractivity contribution < 1.29 is 4.74 Å². The largest absolute Gasteiger partial charge is 0.488 e. The summed E-state index contributed by atoms with van der Waals surface area (Å²) in [5, 5.41) is 3.57. The van der Waals surface area contributed by atoms with Crippen LogP contribution in [0.3, 0.4) is 0 Å². The quantitative estimate of drug-likeness (QED) is 0.858. The third-order valence-corrected chi connectivity index (χ3v) is 4.49. The van der Waals surface area contributed by atoms with Crippen LogP contribution in [0.1, 0.15) is 64.6 Å². The van der Waals surface area contributed by atoms with Gasteiger partial charge in [-0.05, 0) is 42.5 Å². The summed E-state index contributed by atoms with van der Waals surface area (Å²) in [4.78, 5) is 0. The topological polar surface area (TPSA) is 21.3 Å². The number of rotatable bonds is 5. The van der Waals surface area contributed by atoms with Crippen molar-refractivity contribution in [2.45, 2.75) is 65.0 Å². The Hall–Kier alpha value is -1.02. The first-order chi connectivity index (χ1) is 9.03. The van der Waals surface area contributed by atoms with Crippen molar-refractivity contribution in [3.63, 3.8) is 0 Å². The molecule has 0 aromatic heterocycles. The first-order valence-electron chi connectivity index (χ1n) is 7.58. The van der Waals surface area contributed by atoms with Gasteiger partial charge >= 0.3 is 0 Å². The molecule has 1 aromatic carbocycles. The molecule has 0 bridgehead atoms. The lowest BCUT2D eigenvalue weighted by atomic mass is 9.81. The SMILES string of the molecule is CCNC1c2cc(C(C)(C)CC)ccc2OC1CC. The molecule has 0 aliphatic carbocycles. The Morgan fingerprint density at radius 3 is 2.53 bits per heavy atom. The van der Waals surface area contributed by atoms with Crippen molar-refractivity contribution in [2.75, 3.05) is 6.54 Å². The van der Waals surface area contributed by atoms with Gasteiger partial charge in [-0.3, -0.25) is 0 Å². The van der Waals surface area contributed by atoms with Gasteiger partial charge in [-0.2, -0.15) is 0 Å². The van der Waals surface area contributed by atoms with Crippen LogP contribution < -0.4 is 10.1 Å². The number of likely N-dealkylation sites (N-methyl/N-ethyl adjacent to an activating group) is 1. The molecule has 2 heteroatoms. The second-order valence-electron chi connectivity index (χ2n) is 6.09. The minimum absolute atomic E-state index is 0.232. The van der Waals surface area contributed by atoms with Crippen LogP contribution in [0.25, 0.3) is 0 Å². The molecule has 0 saturated heterocycles. The van der Waals surface area contributed by atoms with Gasteiger partial charge in [0.2, 0.25) is 0 Å². The third-order valence-electron chi connectivity index (χ3n) is 4.49. The second kappa shape index (κ2) is 5.54. The molecule has 2 rings (SSSR count). The summed E-state index contributed by atoms with van der Waals surface area (Å²) < 4.78 is 6.06. The van der Waals surface area contributed by atoms with E-state index in [0.29, 0.717) is 6.04 Å². The molecule has 0 amide bonds. The molecule has 0 radical (unpaired) electrons. The molecular weight excluding hydrogens is 234 g/mol. The molecule has 0 fully saturated rings. The summed E-state index contributed by atoms with van der Waals surface area (Å²) in [5.41, 5.74) is 2.99. The summed E-state index contributed by atoms with van der Waals surface area (Å²) in [7, 11) is 0. The lowest BCUT2D eigenvalue weighted by molar-refractivity contribution is 0.186. The van der Waals surface area contributed by atoms with Crippen molar-refractivity contribution in [1.29, 1.82) is 0 Å². The molecule has 2 atom stereocenters. The van der Waals surface area contributed by atoms with E-state index in [4.69, 9.17) is 4.74 Å². The Morgan fingerprint density at radius 1 is 1.21 bits per heavy atom. The van der Waals surface area contributed by atoms with Crippen molar-refractivity contribution in [3.8, 4) is 5.75 Å². The zero-order chi connectivity index (χ0) is 14.0. The maximum atomic E-state index is 6.06. The van der Waals surface area contributed by atoms with E-state index in [-0.39, 0.29) is 11.5 Å². The number of hydrogen-bond acceptors (Lipinski definition) is 2. The highest BCUT2D eigenvalue weighted by Crippen LogP contribution is 2.40. The van der Waals surface area contributed by atoms with Gasteiger partial charge in [0.25, 0.3) is 0 Å². The lowest BCUT2D eigenvalue weighted by Crippen LogP contribution is -2.30. The van der Waals surface area contributed by atoms with E-state index in [1.54, 1.807) is 0 Å². The molecular formula is C17H27NO. The maximum Gasteiger partial charge on any atom is 0.124 e.